The zero-order valence-electron chi connectivity index (χ0n) is 14.3. The molecule has 2 aliphatic heterocycles. The van der Waals surface area contributed by atoms with E-state index in [0.29, 0.717) is 50.7 Å². The average Bonchev–Trinajstić information content (AvgIpc) is 3.03. The largest absolute Gasteiger partial charge is 0.369 e. The van der Waals surface area contributed by atoms with E-state index in [1.807, 2.05) is 19.0 Å². The van der Waals surface area contributed by atoms with Gasteiger partial charge < -0.3 is 24.6 Å². The summed E-state index contributed by atoms with van der Waals surface area (Å²) >= 11 is 0. The van der Waals surface area contributed by atoms with Crippen LogP contribution in [0, 0.1) is 0 Å². The van der Waals surface area contributed by atoms with Crippen molar-refractivity contribution in [1.29, 1.82) is 0 Å². The molecule has 132 valence electrons. The molecule has 0 radical (unpaired) electrons. The highest BCUT2D eigenvalue weighted by atomic mass is 16.7. The molecular weight excluding hydrogens is 310 g/mol. The van der Waals surface area contributed by atoms with Crippen LogP contribution in [0.25, 0.3) is 0 Å². The van der Waals surface area contributed by atoms with Crippen molar-refractivity contribution in [3.8, 4) is 0 Å². The van der Waals surface area contributed by atoms with E-state index in [4.69, 9.17) is 9.47 Å². The third-order valence-electron chi connectivity index (χ3n) is 4.38. The van der Waals surface area contributed by atoms with Crippen molar-refractivity contribution in [3.63, 3.8) is 0 Å². The van der Waals surface area contributed by atoms with E-state index in [2.05, 4.69) is 20.2 Å². The predicted octanol–water partition coefficient (Wildman–Crippen LogP) is 0.429. The van der Waals surface area contributed by atoms with E-state index >= 15 is 0 Å². The number of aromatic nitrogens is 2. The van der Waals surface area contributed by atoms with Crippen LogP contribution in [0.5, 0.6) is 0 Å². The highest BCUT2D eigenvalue weighted by Gasteiger charge is 2.41. The highest BCUT2D eigenvalue weighted by Crippen LogP contribution is 2.31. The Labute approximate surface area is 142 Å². The Balaban J connectivity index is 1.57. The van der Waals surface area contributed by atoms with Crippen molar-refractivity contribution >= 4 is 11.7 Å². The summed E-state index contributed by atoms with van der Waals surface area (Å²) in [4.78, 5) is 24.8. The number of rotatable bonds is 5. The molecule has 1 aromatic heterocycles. The summed E-state index contributed by atoms with van der Waals surface area (Å²) in [7, 11) is 4.02. The van der Waals surface area contributed by atoms with Crippen LogP contribution in [0.4, 0.5) is 5.82 Å². The van der Waals surface area contributed by atoms with Crippen molar-refractivity contribution in [3.05, 3.63) is 18.1 Å². The van der Waals surface area contributed by atoms with Crippen LogP contribution in [0.15, 0.2) is 12.4 Å². The predicted molar refractivity (Wildman–Crippen MR) is 88.8 cm³/mol. The van der Waals surface area contributed by atoms with Gasteiger partial charge in [0.15, 0.2) is 5.79 Å². The number of hydrogen-bond donors (Lipinski definition) is 1. The summed E-state index contributed by atoms with van der Waals surface area (Å²) in [5.41, 5.74) is 0.418. The lowest BCUT2D eigenvalue weighted by molar-refractivity contribution is -0.181. The van der Waals surface area contributed by atoms with Crippen molar-refractivity contribution in [2.45, 2.75) is 18.6 Å². The first-order valence-electron chi connectivity index (χ1n) is 8.36. The van der Waals surface area contributed by atoms with Crippen LogP contribution in [-0.4, -0.2) is 85.0 Å². The molecule has 1 amide bonds. The first-order valence-corrected chi connectivity index (χ1v) is 8.36. The van der Waals surface area contributed by atoms with Gasteiger partial charge in [0.05, 0.1) is 13.2 Å². The van der Waals surface area contributed by atoms with Crippen molar-refractivity contribution in [2.24, 2.45) is 0 Å². The van der Waals surface area contributed by atoms with Gasteiger partial charge in [0.1, 0.15) is 17.8 Å². The Morgan fingerprint density at radius 3 is 2.67 bits per heavy atom. The first kappa shape index (κ1) is 17.1. The molecule has 0 bridgehead atoms. The molecule has 1 N–H and O–H groups in total. The summed E-state index contributed by atoms with van der Waals surface area (Å²) in [5.74, 6) is 0.133. The summed E-state index contributed by atoms with van der Waals surface area (Å²) in [6, 6.07) is 1.71. The minimum atomic E-state index is -0.471. The molecule has 2 fully saturated rings. The van der Waals surface area contributed by atoms with Gasteiger partial charge in [0, 0.05) is 45.1 Å². The summed E-state index contributed by atoms with van der Waals surface area (Å²) in [5, 5.41) is 3.21. The molecule has 24 heavy (non-hydrogen) atoms. The second-order valence-electron chi connectivity index (χ2n) is 6.42. The van der Waals surface area contributed by atoms with E-state index in [1.54, 1.807) is 6.07 Å². The van der Waals surface area contributed by atoms with Gasteiger partial charge in [-0.2, -0.15) is 0 Å². The van der Waals surface area contributed by atoms with Crippen LogP contribution in [0.2, 0.25) is 0 Å². The van der Waals surface area contributed by atoms with Crippen LogP contribution in [0.1, 0.15) is 23.3 Å². The fourth-order valence-electron chi connectivity index (χ4n) is 2.98. The normalized spacial score (nSPS) is 19.9. The maximum atomic E-state index is 12.7. The standard InChI is InChI=1S/C16H25N5O3/c1-20(2)8-5-17-14-11-13(18-12-19-14)15(22)21-6-3-16(4-7-21)23-9-10-24-16/h11-12H,3-10H2,1-2H3,(H,17,18,19). The van der Waals surface area contributed by atoms with E-state index in [9.17, 15) is 4.79 Å². The molecule has 0 aliphatic carbocycles. The van der Waals surface area contributed by atoms with E-state index in [1.165, 1.54) is 6.33 Å². The third-order valence-corrected chi connectivity index (χ3v) is 4.38. The molecule has 2 aliphatic rings. The molecule has 3 rings (SSSR count). The van der Waals surface area contributed by atoms with Gasteiger partial charge in [-0.3, -0.25) is 4.79 Å². The number of nitrogens with zero attached hydrogens (tertiary/aromatic N) is 4. The number of ether oxygens (including phenoxy) is 2. The van der Waals surface area contributed by atoms with Crippen LogP contribution < -0.4 is 5.32 Å². The van der Waals surface area contributed by atoms with Crippen molar-refractivity contribution < 1.29 is 14.3 Å². The zero-order chi connectivity index (χ0) is 17.0. The number of anilines is 1. The lowest BCUT2D eigenvalue weighted by Crippen LogP contribution is -2.47. The lowest BCUT2D eigenvalue weighted by Gasteiger charge is -2.37. The van der Waals surface area contributed by atoms with Gasteiger partial charge in [-0.1, -0.05) is 0 Å². The molecule has 0 aromatic carbocycles. The second kappa shape index (κ2) is 7.42. The fraction of sp³-hybridized carbons (Fsp3) is 0.688. The minimum absolute atomic E-state index is 0.0686. The SMILES string of the molecule is CN(C)CCNc1cc(C(=O)N2CCC3(CC2)OCCO3)ncn1. The Kier molecular flexibility index (Phi) is 5.27. The highest BCUT2D eigenvalue weighted by molar-refractivity contribution is 5.93. The molecule has 8 nitrogen and oxygen atoms in total. The second-order valence-corrected chi connectivity index (χ2v) is 6.42. The number of piperidine rings is 1. The Hall–Kier alpha value is -1.77. The molecule has 0 atom stereocenters. The molecule has 0 saturated carbocycles. The maximum Gasteiger partial charge on any atom is 0.272 e. The molecule has 8 heteroatoms. The summed E-state index contributed by atoms with van der Waals surface area (Å²) < 4.78 is 11.4. The number of nitrogens with one attached hydrogen (secondary N) is 1. The lowest BCUT2D eigenvalue weighted by atomic mass is 10.0. The Morgan fingerprint density at radius 1 is 1.29 bits per heavy atom. The van der Waals surface area contributed by atoms with E-state index < -0.39 is 5.79 Å². The molecule has 3 heterocycles. The quantitative estimate of drug-likeness (QED) is 0.836. The van der Waals surface area contributed by atoms with Crippen molar-refractivity contribution in [1.82, 2.24) is 19.8 Å². The molecule has 2 saturated heterocycles. The van der Waals surface area contributed by atoms with E-state index in [-0.39, 0.29) is 5.91 Å². The first-order chi connectivity index (χ1) is 11.6. The maximum absolute atomic E-state index is 12.7. The van der Waals surface area contributed by atoms with Gasteiger partial charge in [-0.25, -0.2) is 9.97 Å². The number of amides is 1. The van der Waals surface area contributed by atoms with Gasteiger partial charge in [0.25, 0.3) is 5.91 Å². The minimum Gasteiger partial charge on any atom is -0.369 e. The average molecular weight is 335 g/mol. The molecule has 1 spiro atoms. The molecule has 0 unspecified atom stereocenters. The van der Waals surface area contributed by atoms with Crippen molar-refractivity contribution in [2.75, 3.05) is 58.8 Å². The van der Waals surface area contributed by atoms with Crippen LogP contribution in [0.3, 0.4) is 0 Å². The van der Waals surface area contributed by atoms with E-state index in [0.717, 1.165) is 13.1 Å². The Morgan fingerprint density at radius 2 is 2.00 bits per heavy atom. The number of likely N-dealkylation sites (tertiary alicyclic amines) is 1. The monoisotopic (exact) mass is 335 g/mol. The van der Waals surface area contributed by atoms with Crippen LogP contribution in [-0.2, 0) is 9.47 Å². The topological polar surface area (TPSA) is 79.8 Å². The van der Waals surface area contributed by atoms with Gasteiger partial charge in [0.2, 0.25) is 0 Å². The zero-order valence-corrected chi connectivity index (χ0v) is 14.3. The third kappa shape index (κ3) is 4.00. The smallest absolute Gasteiger partial charge is 0.272 e. The van der Waals surface area contributed by atoms with Gasteiger partial charge in [-0.05, 0) is 14.1 Å². The number of hydrogen-bond acceptors (Lipinski definition) is 7. The van der Waals surface area contributed by atoms with Gasteiger partial charge in [-0.15, -0.1) is 0 Å². The van der Waals surface area contributed by atoms with Crippen LogP contribution >= 0.6 is 0 Å². The summed E-state index contributed by atoms with van der Waals surface area (Å²) in [6.07, 6.45) is 2.84. The molecule has 1 aromatic rings. The number of carbonyl (C=O) groups excluding carboxylic acids is 1. The summed E-state index contributed by atoms with van der Waals surface area (Å²) in [6.45, 7) is 4.17. The number of likely N-dealkylation sites (N-methyl/N-ethyl adjacent to an activating group) is 1. The molecular formula is C16H25N5O3. The fourth-order valence-corrected chi connectivity index (χ4v) is 2.98. The van der Waals surface area contributed by atoms with Gasteiger partial charge >= 0.3 is 0 Å². The number of carbonyl (C=O) groups is 1. The Bertz CT molecular complexity index is 565.